The summed E-state index contributed by atoms with van der Waals surface area (Å²) in [4.78, 5) is 3.94. The number of hydrogen-bond donors (Lipinski definition) is 2. The molecule has 0 aliphatic heterocycles. The van der Waals surface area contributed by atoms with Gasteiger partial charge in [-0.1, -0.05) is 6.92 Å². The van der Waals surface area contributed by atoms with Gasteiger partial charge in [0.15, 0.2) is 0 Å². The highest BCUT2D eigenvalue weighted by molar-refractivity contribution is 7.89. The van der Waals surface area contributed by atoms with Crippen molar-refractivity contribution in [2.45, 2.75) is 26.2 Å². The fourth-order valence-electron chi connectivity index (χ4n) is 1.18. The number of aromatic amines is 1. The van der Waals surface area contributed by atoms with E-state index in [9.17, 15) is 8.42 Å². The third-order valence-corrected chi connectivity index (χ3v) is 3.44. The Hall–Kier alpha value is -0.950. The number of H-pyrrole nitrogens is 1. The van der Waals surface area contributed by atoms with Gasteiger partial charge < -0.3 is 0 Å². The summed E-state index contributed by atoms with van der Waals surface area (Å²) < 4.78 is 25.0. The Morgan fingerprint density at radius 1 is 1.53 bits per heavy atom. The minimum atomic E-state index is -3.07. The van der Waals surface area contributed by atoms with Crippen LogP contribution in [0.5, 0.6) is 0 Å². The van der Waals surface area contributed by atoms with Crippen LogP contribution in [0, 0.1) is 0 Å². The van der Waals surface area contributed by atoms with Crippen molar-refractivity contribution in [1.29, 1.82) is 0 Å². The van der Waals surface area contributed by atoms with Crippen molar-refractivity contribution >= 4 is 10.0 Å². The van der Waals surface area contributed by atoms with Crippen molar-refractivity contribution in [1.82, 2.24) is 19.9 Å². The summed E-state index contributed by atoms with van der Waals surface area (Å²) >= 11 is 0. The third kappa shape index (κ3) is 4.89. The standard InChI is InChI=1S/C8H16N4O2S/c1-2-6-15(13,14)11-5-3-4-8-9-7-10-12-8/h7,11H,2-6H2,1H3,(H,9,10,12). The van der Waals surface area contributed by atoms with Gasteiger partial charge in [-0.05, 0) is 12.8 Å². The first kappa shape index (κ1) is 12.1. The summed E-state index contributed by atoms with van der Waals surface area (Å²) in [6.07, 6.45) is 3.50. The molecule has 1 heterocycles. The van der Waals surface area contributed by atoms with Crippen LogP contribution in [0.4, 0.5) is 0 Å². The molecule has 1 rings (SSSR count). The van der Waals surface area contributed by atoms with Gasteiger partial charge in [0.05, 0.1) is 5.75 Å². The van der Waals surface area contributed by atoms with E-state index in [4.69, 9.17) is 0 Å². The zero-order valence-electron chi connectivity index (χ0n) is 8.73. The molecule has 0 bridgehead atoms. The highest BCUT2D eigenvalue weighted by atomic mass is 32.2. The second-order valence-corrected chi connectivity index (χ2v) is 5.18. The van der Waals surface area contributed by atoms with Crippen LogP contribution in [-0.2, 0) is 16.4 Å². The van der Waals surface area contributed by atoms with Gasteiger partial charge in [0.2, 0.25) is 10.0 Å². The van der Waals surface area contributed by atoms with Gasteiger partial charge in [0, 0.05) is 13.0 Å². The Bertz CT molecular complexity index is 360. The predicted octanol–water partition coefficient (Wildman–Crippen LogP) is 0.0667. The van der Waals surface area contributed by atoms with Gasteiger partial charge in [-0.2, -0.15) is 5.10 Å². The molecular formula is C8H16N4O2S. The molecule has 0 saturated heterocycles. The van der Waals surface area contributed by atoms with Crippen molar-refractivity contribution in [3.63, 3.8) is 0 Å². The molecule has 0 fully saturated rings. The first-order chi connectivity index (χ1) is 7.14. The van der Waals surface area contributed by atoms with Gasteiger partial charge in [-0.3, -0.25) is 5.10 Å². The predicted molar refractivity (Wildman–Crippen MR) is 56.8 cm³/mol. The number of nitrogens with one attached hydrogen (secondary N) is 2. The van der Waals surface area contributed by atoms with Gasteiger partial charge in [-0.25, -0.2) is 18.1 Å². The fraction of sp³-hybridized carbons (Fsp3) is 0.750. The zero-order valence-corrected chi connectivity index (χ0v) is 9.55. The van der Waals surface area contributed by atoms with Crippen molar-refractivity contribution in [3.05, 3.63) is 12.2 Å². The number of hydrogen-bond acceptors (Lipinski definition) is 4. The Labute approximate surface area is 89.5 Å². The second-order valence-electron chi connectivity index (χ2n) is 3.25. The van der Waals surface area contributed by atoms with E-state index in [0.717, 1.165) is 12.2 Å². The highest BCUT2D eigenvalue weighted by Gasteiger charge is 2.06. The summed E-state index contributed by atoms with van der Waals surface area (Å²) in [5, 5.41) is 6.43. The van der Waals surface area contributed by atoms with E-state index in [-0.39, 0.29) is 5.75 Å². The maximum absolute atomic E-state index is 11.2. The van der Waals surface area contributed by atoms with Crippen molar-refractivity contribution in [2.75, 3.05) is 12.3 Å². The molecule has 6 nitrogen and oxygen atoms in total. The van der Waals surface area contributed by atoms with Crippen LogP contribution in [-0.4, -0.2) is 35.9 Å². The first-order valence-corrected chi connectivity index (χ1v) is 6.61. The molecule has 0 radical (unpaired) electrons. The molecule has 0 aliphatic carbocycles. The maximum Gasteiger partial charge on any atom is 0.211 e. The third-order valence-electron chi connectivity index (χ3n) is 1.85. The zero-order chi connectivity index (χ0) is 11.1. The summed E-state index contributed by atoms with van der Waals surface area (Å²) in [6, 6.07) is 0. The molecule has 15 heavy (non-hydrogen) atoms. The van der Waals surface area contributed by atoms with Gasteiger partial charge in [0.1, 0.15) is 12.2 Å². The Morgan fingerprint density at radius 3 is 2.93 bits per heavy atom. The molecule has 7 heteroatoms. The largest absolute Gasteiger partial charge is 0.263 e. The van der Waals surface area contributed by atoms with E-state index < -0.39 is 10.0 Å². The molecule has 1 aromatic rings. The van der Waals surface area contributed by atoms with Crippen LogP contribution in [0.3, 0.4) is 0 Å². The Morgan fingerprint density at radius 2 is 2.33 bits per heavy atom. The van der Waals surface area contributed by atoms with Crippen LogP contribution in [0.2, 0.25) is 0 Å². The average Bonchev–Trinajstić information content (AvgIpc) is 2.65. The van der Waals surface area contributed by atoms with Crippen LogP contribution >= 0.6 is 0 Å². The molecule has 0 aromatic carbocycles. The molecule has 86 valence electrons. The van der Waals surface area contributed by atoms with E-state index in [0.29, 0.717) is 19.4 Å². The molecule has 0 unspecified atom stereocenters. The van der Waals surface area contributed by atoms with Gasteiger partial charge >= 0.3 is 0 Å². The second kappa shape index (κ2) is 5.82. The Kier molecular flexibility index (Phi) is 4.70. The lowest BCUT2D eigenvalue weighted by molar-refractivity contribution is 0.577. The Balaban J connectivity index is 2.17. The normalized spacial score (nSPS) is 11.8. The minimum Gasteiger partial charge on any atom is -0.263 e. The number of sulfonamides is 1. The summed E-state index contributed by atoms with van der Waals surface area (Å²) in [5.74, 6) is 0.972. The fourth-order valence-corrected chi connectivity index (χ4v) is 2.31. The van der Waals surface area contributed by atoms with E-state index in [1.54, 1.807) is 0 Å². The molecule has 0 aliphatic rings. The first-order valence-electron chi connectivity index (χ1n) is 4.95. The molecule has 1 aromatic heterocycles. The summed E-state index contributed by atoms with van der Waals surface area (Å²) in [5.41, 5.74) is 0. The molecule has 0 atom stereocenters. The van der Waals surface area contributed by atoms with Crippen LogP contribution in [0.15, 0.2) is 6.33 Å². The number of aromatic nitrogens is 3. The number of rotatable bonds is 7. The van der Waals surface area contributed by atoms with E-state index in [1.165, 1.54) is 6.33 Å². The highest BCUT2D eigenvalue weighted by Crippen LogP contribution is 1.93. The summed E-state index contributed by atoms with van der Waals surface area (Å²) in [7, 11) is -3.07. The topological polar surface area (TPSA) is 87.7 Å². The molecule has 0 spiro atoms. The molecule has 0 saturated carbocycles. The monoisotopic (exact) mass is 232 g/mol. The average molecular weight is 232 g/mol. The summed E-state index contributed by atoms with van der Waals surface area (Å²) in [6.45, 7) is 2.29. The number of aryl methyl sites for hydroxylation is 1. The lowest BCUT2D eigenvalue weighted by Gasteiger charge is -2.03. The maximum atomic E-state index is 11.2. The SMILES string of the molecule is CCCS(=O)(=O)NCCCc1ncn[nH]1. The van der Waals surface area contributed by atoms with Crippen molar-refractivity contribution < 1.29 is 8.42 Å². The quantitative estimate of drug-likeness (QED) is 0.651. The number of nitrogens with zero attached hydrogens (tertiary/aromatic N) is 2. The smallest absolute Gasteiger partial charge is 0.211 e. The van der Waals surface area contributed by atoms with E-state index in [1.807, 2.05) is 6.92 Å². The van der Waals surface area contributed by atoms with Crippen molar-refractivity contribution in [3.8, 4) is 0 Å². The molecular weight excluding hydrogens is 216 g/mol. The van der Waals surface area contributed by atoms with Crippen LogP contribution in [0.25, 0.3) is 0 Å². The van der Waals surface area contributed by atoms with Gasteiger partial charge in [-0.15, -0.1) is 0 Å². The van der Waals surface area contributed by atoms with E-state index >= 15 is 0 Å². The van der Waals surface area contributed by atoms with Gasteiger partial charge in [0.25, 0.3) is 0 Å². The lowest BCUT2D eigenvalue weighted by Crippen LogP contribution is -2.27. The van der Waals surface area contributed by atoms with Crippen LogP contribution < -0.4 is 4.72 Å². The van der Waals surface area contributed by atoms with E-state index in [2.05, 4.69) is 19.9 Å². The molecule has 0 amide bonds. The van der Waals surface area contributed by atoms with Crippen LogP contribution in [0.1, 0.15) is 25.6 Å². The van der Waals surface area contributed by atoms with Crippen molar-refractivity contribution in [2.24, 2.45) is 0 Å². The molecule has 2 N–H and O–H groups in total. The minimum absolute atomic E-state index is 0.190. The lowest BCUT2D eigenvalue weighted by atomic mass is 10.3.